The Morgan fingerprint density at radius 2 is 1.87 bits per heavy atom. The van der Waals surface area contributed by atoms with Crippen molar-refractivity contribution in [1.82, 2.24) is 0 Å². The fourth-order valence-corrected chi connectivity index (χ4v) is 2.66. The van der Waals surface area contributed by atoms with Crippen molar-refractivity contribution in [1.29, 1.82) is 0 Å². The molecule has 15 heavy (non-hydrogen) atoms. The van der Waals surface area contributed by atoms with Crippen LogP contribution in [0.3, 0.4) is 0 Å². The molecular formula is C8H16F3NO2S. The first kappa shape index (κ1) is 14.7. The molecule has 0 aromatic carbocycles. The second-order valence-electron chi connectivity index (χ2n) is 3.50. The lowest BCUT2D eigenvalue weighted by Crippen LogP contribution is -2.30. The van der Waals surface area contributed by atoms with Gasteiger partial charge in [-0.05, 0) is 12.8 Å². The number of rotatable bonds is 6. The molecule has 0 bridgehead atoms. The third-order valence-electron chi connectivity index (χ3n) is 1.91. The van der Waals surface area contributed by atoms with E-state index < -0.39 is 34.2 Å². The second-order valence-corrected chi connectivity index (χ2v) is 5.73. The summed E-state index contributed by atoms with van der Waals surface area (Å²) in [6.07, 6.45) is -5.24. The monoisotopic (exact) mass is 247 g/mol. The van der Waals surface area contributed by atoms with Crippen LogP contribution >= 0.6 is 0 Å². The molecule has 3 nitrogen and oxygen atoms in total. The van der Waals surface area contributed by atoms with Crippen molar-refractivity contribution < 1.29 is 21.6 Å². The maximum atomic E-state index is 11.7. The van der Waals surface area contributed by atoms with E-state index in [4.69, 9.17) is 5.73 Å². The molecule has 0 aliphatic rings. The summed E-state index contributed by atoms with van der Waals surface area (Å²) >= 11 is 0. The quantitative estimate of drug-likeness (QED) is 0.773. The van der Waals surface area contributed by atoms with Gasteiger partial charge in [0.2, 0.25) is 0 Å². The van der Waals surface area contributed by atoms with Crippen LogP contribution in [0, 0.1) is 0 Å². The molecular weight excluding hydrogens is 231 g/mol. The van der Waals surface area contributed by atoms with Crippen LogP contribution in [0.5, 0.6) is 0 Å². The van der Waals surface area contributed by atoms with Crippen LogP contribution in [0.2, 0.25) is 0 Å². The molecule has 0 saturated carbocycles. The highest BCUT2D eigenvalue weighted by Gasteiger charge is 2.27. The van der Waals surface area contributed by atoms with E-state index in [2.05, 4.69) is 0 Å². The van der Waals surface area contributed by atoms with Gasteiger partial charge < -0.3 is 5.73 Å². The summed E-state index contributed by atoms with van der Waals surface area (Å²) in [4.78, 5) is 0. The van der Waals surface area contributed by atoms with Gasteiger partial charge in [-0.1, -0.05) is 6.92 Å². The van der Waals surface area contributed by atoms with E-state index in [0.717, 1.165) is 0 Å². The average Bonchev–Trinajstić information content (AvgIpc) is 2.00. The number of hydrogen-bond acceptors (Lipinski definition) is 3. The van der Waals surface area contributed by atoms with Gasteiger partial charge in [0.05, 0.1) is 11.5 Å². The molecule has 1 atom stereocenters. The van der Waals surface area contributed by atoms with E-state index >= 15 is 0 Å². The fourth-order valence-electron chi connectivity index (χ4n) is 1.02. The van der Waals surface area contributed by atoms with E-state index in [-0.39, 0.29) is 12.2 Å². The standard InChI is InChI=1S/C8H16F3NO2S/c1-2-7(12)6-15(13,14)5-3-4-8(9,10)11/h7H,2-6,12H2,1H3. The Hall–Kier alpha value is -0.300. The first-order valence-electron chi connectivity index (χ1n) is 4.69. The number of halogens is 3. The zero-order valence-electron chi connectivity index (χ0n) is 8.55. The van der Waals surface area contributed by atoms with E-state index in [1.807, 2.05) is 0 Å². The third-order valence-corrected chi connectivity index (χ3v) is 3.75. The molecule has 0 radical (unpaired) electrons. The molecule has 0 saturated heterocycles. The smallest absolute Gasteiger partial charge is 0.327 e. The maximum absolute atomic E-state index is 11.7. The fraction of sp³-hybridized carbons (Fsp3) is 1.00. The van der Waals surface area contributed by atoms with Crippen molar-refractivity contribution in [2.45, 2.75) is 38.4 Å². The van der Waals surface area contributed by atoms with Crippen molar-refractivity contribution in [2.24, 2.45) is 5.73 Å². The summed E-state index contributed by atoms with van der Waals surface area (Å²) in [6.45, 7) is 1.73. The summed E-state index contributed by atoms with van der Waals surface area (Å²) in [5.41, 5.74) is 5.42. The Labute approximate surface area is 87.8 Å². The van der Waals surface area contributed by atoms with Crippen LogP contribution in [0.15, 0.2) is 0 Å². The Balaban J connectivity index is 3.96. The third kappa shape index (κ3) is 8.68. The summed E-state index contributed by atoms with van der Waals surface area (Å²) in [7, 11) is -3.44. The number of nitrogens with two attached hydrogens (primary N) is 1. The summed E-state index contributed by atoms with van der Waals surface area (Å²) in [5.74, 6) is -0.679. The molecule has 1 unspecified atom stereocenters. The second kappa shape index (κ2) is 5.69. The van der Waals surface area contributed by atoms with Crippen LogP contribution in [-0.2, 0) is 9.84 Å². The zero-order chi connectivity index (χ0) is 12.1. The Bertz CT molecular complexity index is 274. The number of sulfone groups is 1. The highest BCUT2D eigenvalue weighted by molar-refractivity contribution is 7.91. The topological polar surface area (TPSA) is 60.2 Å². The molecule has 0 aliphatic carbocycles. The van der Waals surface area contributed by atoms with Gasteiger partial charge in [-0.3, -0.25) is 0 Å². The minimum Gasteiger partial charge on any atom is -0.327 e. The maximum Gasteiger partial charge on any atom is 0.389 e. The summed E-state index contributed by atoms with van der Waals surface area (Å²) < 4.78 is 57.7. The normalized spacial score (nSPS) is 15.3. The van der Waals surface area contributed by atoms with Crippen molar-refractivity contribution >= 4 is 9.84 Å². The minimum absolute atomic E-state index is 0.235. The Morgan fingerprint density at radius 3 is 2.27 bits per heavy atom. The molecule has 0 fully saturated rings. The lowest BCUT2D eigenvalue weighted by atomic mass is 10.3. The molecule has 7 heteroatoms. The van der Waals surface area contributed by atoms with E-state index in [9.17, 15) is 21.6 Å². The lowest BCUT2D eigenvalue weighted by molar-refractivity contribution is -0.134. The number of alkyl halides is 3. The summed E-state index contributed by atoms with van der Waals surface area (Å²) in [5, 5.41) is 0. The Kier molecular flexibility index (Phi) is 5.58. The van der Waals surface area contributed by atoms with Crippen molar-refractivity contribution in [2.75, 3.05) is 11.5 Å². The SMILES string of the molecule is CCC(N)CS(=O)(=O)CCCC(F)(F)F. The van der Waals surface area contributed by atoms with Gasteiger partial charge in [-0.25, -0.2) is 8.42 Å². The molecule has 0 spiro atoms. The molecule has 2 N–H and O–H groups in total. The molecule has 0 heterocycles. The van der Waals surface area contributed by atoms with Crippen molar-refractivity contribution in [3.63, 3.8) is 0 Å². The highest BCUT2D eigenvalue weighted by atomic mass is 32.2. The molecule has 0 aromatic heterocycles. The van der Waals surface area contributed by atoms with Crippen LogP contribution in [0.25, 0.3) is 0 Å². The Morgan fingerprint density at radius 1 is 1.33 bits per heavy atom. The molecule has 0 amide bonds. The van der Waals surface area contributed by atoms with E-state index in [1.165, 1.54) is 0 Å². The zero-order valence-corrected chi connectivity index (χ0v) is 9.37. The van der Waals surface area contributed by atoms with Crippen LogP contribution < -0.4 is 5.73 Å². The predicted octanol–water partition coefficient (Wildman–Crippen LogP) is 1.48. The van der Waals surface area contributed by atoms with Gasteiger partial charge in [-0.2, -0.15) is 13.2 Å². The van der Waals surface area contributed by atoms with Crippen LogP contribution in [0.1, 0.15) is 26.2 Å². The lowest BCUT2D eigenvalue weighted by Gasteiger charge is -2.10. The van der Waals surface area contributed by atoms with Gasteiger partial charge in [-0.15, -0.1) is 0 Å². The van der Waals surface area contributed by atoms with Crippen LogP contribution in [0.4, 0.5) is 13.2 Å². The largest absolute Gasteiger partial charge is 0.389 e. The van der Waals surface area contributed by atoms with Crippen molar-refractivity contribution in [3.8, 4) is 0 Å². The molecule has 0 aliphatic heterocycles. The first-order chi connectivity index (χ1) is 6.66. The molecule has 0 rings (SSSR count). The first-order valence-corrected chi connectivity index (χ1v) is 6.51. The number of hydrogen-bond donors (Lipinski definition) is 1. The van der Waals surface area contributed by atoms with Gasteiger partial charge in [0, 0.05) is 12.5 Å². The van der Waals surface area contributed by atoms with Gasteiger partial charge in [0.25, 0.3) is 0 Å². The predicted molar refractivity (Wildman–Crippen MR) is 52.2 cm³/mol. The van der Waals surface area contributed by atoms with E-state index in [1.54, 1.807) is 6.92 Å². The van der Waals surface area contributed by atoms with Gasteiger partial charge in [0.1, 0.15) is 0 Å². The average molecular weight is 247 g/mol. The minimum atomic E-state index is -4.29. The molecule has 92 valence electrons. The van der Waals surface area contributed by atoms with Crippen molar-refractivity contribution in [3.05, 3.63) is 0 Å². The summed E-state index contributed by atoms with van der Waals surface area (Å²) in [6, 6.07) is -0.485. The van der Waals surface area contributed by atoms with Gasteiger partial charge >= 0.3 is 6.18 Å². The van der Waals surface area contributed by atoms with Gasteiger partial charge in [0.15, 0.2) is 9.84 Å². The van der Waals surface area contributed by atoms with Crippen LogP contribution in [-0.4, -0.2) is 32.1 Å². The van der Waals surface area contributed by atoms with E-state index in [0.29, 0.717) is 6.42 Å². The molecule has 0 aromatic rings. The highest BCUT2D eigenvalue weighted by Crippen LogP contribution is 2.21.